The molecule has 1 amide bonds. The summed E-state index contributed by atoms with van der Waals surface area (Å²) >= 11 is 6.54. The van der Waals surface area contributed by atoms with E-state index >= 15 is 0 Å². The predicted octanol–water partition coefficient (Wildman–Crippen LogP) is 4.04. The van der Waals surface area contributed by atoms with Crippen LogP contribution in [0, 0.1) is 11.3 Å². The summed E-state index contributed by atoms with van der Waals surface area (Å²) in [5.74, 6) is 0.501. The van der Waals surface area contributed by atoms with E-state index in [0.717, 1.165) is 42.3 Å². The minimum absolute atomic E-state index is 0.113. The molecule has 1 aromatic heterocycles. The Labute approximate surface area is 177 Å². The van der Waals surface area contributed by atoms with Crippen LogP contribution in [0.15, 0.2) is 18.2 Å². The molecule has 2 saturated carbocycles. The number of likely N-dealkylation sites (tertiary alicyclic amines) is 1. The minimum atomic E-state index is -0.794. The molecule has 3 bridgehead atoms. The lowest BCUT2D eigenvalue weighted by molar-refractivity contribution is -0.172. The fourth-order valence-electron chi connectivity index (χ4n) is 6.68. The molecule has 2 heterocycles. The number of fused-ring (bicyclic) bond motifs is 3. The fraction of sp³-hybridized carbons (Fsp3) is 0.652. The Balaban J connectivity index is 1.57. The van der Waals surface area contributed by atoms with Crippen molar-refractivity contribution in [3.05, 3.63) is 28.9 Å². The third kappa shape index (κ3) is 2.63. The Morgan fingerprint density at radius 1 is 1.28 bits per heavy atom. The number of aliphatic hydroxyl groups is 1. The number of piperidine rings is 1. The molecule has 1 saturated heterocycles. The second-order valence-corrected chi connectivity index (χ2v) is 10.7. The molecule has 3 fully saturated rings. The number of benzene rings is 1. The Hall–Kier alpha value is -1.59. The van der Waals surface area contributed by atoms with Crippen molar-refractivity contribution in [2.45, 2.75) is 76.5 Å². The van der Waals surface area contributed by atoms with Gasteiger partial charge in [-0.25, -0.2) is 0 Å². The highest BCUT2D eigenvalue weighted by molar-refractivity contribution is 6.35. The quantitative estimate of drug-likeness (QED) is 0.805. The summed E-state index contributed by atoms with van der Waals surface area (Å²) in [6, 6.07) is 6.14. The first-order valence-corrected chi connectivity index (χ1v) is 11.1. The van der Waals surface area contributed by atoms with Crippen molar-refractivity contribution >= 4 is 28.4 Å². The summed E-state index contributed by atoms with van der Waals surface area (Å²) in [7, 11) is 1.90. The van der Waals surface area contributed by atoms with E-state index in [1.807, 2.05) is 43.8 Å². The lowest BCUT2D eigenvalue weighted by atomic mass is 9.54. The maximum Gasteiger partial charge on any atom is 0.234 e. The minimum Gasteiger partial charge on any atom is -0.393 e. The molecule has 6 heteroatoms. The molecule has 3 aliphatic rings. The van der Waals surface area contributed by atoms with Gasteiger partial charge in [-0.15, -0.1) is 0 Å². The van der Waals surface area contributed by atoms with E-state index < -0.39 is 5.41 Å². The maximum absolute atomic E-state index is 14.0. The molecule has 1 N–H and O–H groups in total. The van der Waals surface area contributed by atoms with Crippen LogP contribution in [0.3, 0.4) is 0 Å². The van der Waals surface area contributed by atoms with E-state index in [2.05, 4.69) is 11.8 Å². The number of hydrogen-bond donors (Lipinski definition) is 1. The number of amides is 1. The molecule has 1 aliphatic heterocycles. The number of nitrogens with zero attached hydrogens (tertiary/aromatic N) is 3. The van der Waals surface area contributed by atoms with Gasteiger partial charge in [0.25, 0.3) is 0 Å². The first-order chi connectivity index (χ1) is 13.6. The van der Waals surface area contributed by atoms with Crippen molar-refractivity contribution in [1.82, 2.24) is 14.7 Å². The largest absolute Gasteiger partial charge is 0.393 e. The molecule has 156 valence electrons. The van der Waals surface area contributed by atoms with Gasteiger partial charge in [-0.2, -0.15) is 5.10 Å². The Morgan fingerprint density at radius 3 is 2.76 bits per heavy atom. The standard InChI is InChI=1S/C23H30ClN3O2/c1-22(2,20-19-16(24)6-5-7-17(19)26(4)25-20)21(29)27-13-8-9-15-18(28)10-14(27)12-23(15,3)11-13/h5-7,13-15,18,28H,8-12H2,1-4H3. The molecule has 0 radical (unpaired) electrons. The molecule has 2 aliphatic carbocycles. The van der Waals surface area contributed by atoms with Gasteiger partial charge < -0.3 is 10.0 Å². The summed E-state index contributed by atoms with van der Waals surface area (Å²) in [6.07, 6.45) is 4.39. The van der Waals surface area contributed by atoms with E-state index in [-0.39, 0.29) is 29.5 Å². The van der Waals surface area contributed by atoms with E-state index in [9.17, 15) is 9.90 Å². The smallest absolute Gasteiger partial charge is 0.234 e. The van der Waals surface area contributed by atoms with E-state index in [0.29, 0.717) is 17.4 Å². The number of halogens is 1. The van der Waals surface area contributed by atoms with Crippen molar-refractivity contribution in [3.8, 4) is 0 Å². The van der Waals surface area contributed by atoms with Crippen molar-refractivity contribution < 1.29 is 9.90 Å². The number of carbonyl (C=O) groups excluding carboxylic acids is 1. The van der Waals surface area contributed by atoms with Gasteiger partial charge in [0.1, 0.15) is 0 Å². The summed E-state index contributed by atoms with van der Waals surface area (Å²) in [4.78, 5) is 16.2. The summed E-state index contributed by atoms with van der Waals surface area (Å²) in [5.41, 5.74) is 1.04. The monoisotopic (exact) mass is 415 g/mol. The highest BCUT2D eigenvalue weighted by Gasteiger charge is 2.57. The third-order valence-corrected chi connectivity index (χ3v) is 8.38. The Kier molecular flexibility index (Phi) is 4.15. The normalized spacial score (nSPS) is 34.1. The molecule has 1 aromatic carbocycles. The Morgan fingerprint density at radius 2 is 2.00 bits per heavy atom. The molecule has 5 atom stereocenters. The van der Waals surface area contributed by atoms with Crippen molar-refractivity contribution in [3.63, 3.8) is 0 Å². The number of aliphatic hydroxyl groups excluding tert-OH is 1. The fourth-order valence-corrected chi connectivity index (χ4v) is 6.94. The number of aromatic nitrogens is 2. The summed E-state index contributed by atoms with van der Waals surface area (Å²) in [6.45, 7) is 6.26. The van der Waals surface area contributed by atoms with Gasteiger partial charge in [0, 0.05) is 24.5 Å². The summed E-state index contributed by atoms with van der Waals surface area (Å²) in [5, 5.41) is 17.0. The molecule has 2 aromatic rings. The van der Waals surface area contributed by atoms with Crippen molar-refractivity contribution in [2.75, 3.05) is 0 Å². The summed E-state index contributed by atoms with van der Waals surface area (Å²) < 4.78 is 1.81. The zero-order valence-corrected chi connectivity index (χ0v) is 18.4. The van der Waals surface area contributed by atoms with Gasteiger partial charge in [0.15, 0.2) is 0 Å². The van der Waals surface area contributed by atoms with Crippen LogP contribution in [0.25, 0.3) is 10.9 Å². The van der Waals surface area contributed by atoms with Crippen molar-refractivity contribution in [1.29, 1.82) is 0 Å². The van der Waals surface area contributed by atoms with Crippen LogP contribution in [0.1, 0.15) is 58.6 Å². The van der Waals surface area contributed by atoms with Gasteiger partial charge in [-0.1, -0.05) is 24.6 Å². The molecule has 5 rings (SSSR count). The average molecular weight is 416 g/mol. The van der Waals surface area contributed by atoms with Gasteiger partial charge in [0.05, 0.1) is 27.8 Å². The molecule has 29 heavy (non-hydrogen) atoms. The lowest BCUT2D eigenvalue weighted by Gasteiger charge is -2.62. The first-order valence-electron chi connectivity index (χ1n) is 10.8. The van der Waals surface area contributed by atoms with Gasteiger partial charge in [0.2, 0.25) is 5.91 Å². The van der Waals surface area contributed by atoms with E-state index in [4.69, 9.17) is 16.7 Å². The molecular weight excluding hydrogens is 386 g/mol. The third-order valence-electron chi connectivity index (χ3n) is 8.06. The molecule has 0 spiro atoms. The number of aryl methyl sites for hydroxylation is 1. The topological polar surface area (TPSA) is 58.4 Å². The SMILES string of the molecule is Cn1nc(C(C)(C)C(=O)N2C3CCC4C(O)CC2CC4(C)C3)c2c(Cl)cccc21. The van der Waals surface area contributed by atoms with Gasteiger partial charge in [-0.05, 0) is 69.4 Å². The Bertz CT molecular complexity index is 995. The molecule has 5 unspecified atom stereocenters. The maximum atomic E-state index is 14.0. The zero-order chi connectivity index (χ0) is 20.7. The average Bonchev–Trinajstić information content (AvgIpc) is 2.99. The number of rotatable bonds is 2. The van der Waals surface area contributed by atoms with Crippen LogP contribution in [0.4, 0.5) is 0 Å². The van der Waals surface area contributed by atoms with Gasteiger partial charge >= 0.3 is 0 Å². The lowest BCUT2D eigenvalue weighted by Crippen LogP contribution is -2.66. The van der Waals surface area contributed by atoms with E-state index in [1.165, 1.54) is 0 Å². The number of hydrogen-bond acceptors (Lipinski definition) is 3. The highest BCUT2D eigenvalue weighted by Crippen LogP contribution is 2.56. The van der Waals surface area contributed by atoms with Gasteiger partial charge in [-0.3, -0.25) is 9.48 Å². The second kappa shape index (κ2) is 6.21. The van der Waals surface area contributed by atoms with Crippen LogP contribution in [0.5, 0.6) is 0 Å². The van der Waals surface area contributed by atoms with Crippen LogP contribution < -0.4 is 0 Å². The van der Waals surface area contributed by atoms with Crippen molar-refractivity contribution in [2.24, 2.45) is 18.4 Å². The second-order valence-electron chi connectivity index (χ2n) is 10.3. The van der Waals surface area contributed by atoms with Crippen LogP contribution in [-0.2, 0) is 17.3 Å². The van der Waals surface area contributed by atoms with Crippen LogP contribution in [-0.4, -0.2) is 43.9 Å². The zero-order valence-electron chi connectivity index (χ0n) is 17.7. The number of carbonyl (C=O) groups is 1. The molecule has 5 nitrogen and oxygen atoms in total. The first kappa shape index (κ1) is 19.4. The van der Waals surface area contributed by atoms with Crippen LogP contribution >= 0.6 is 11.6 Å². The van der Waals surface area contributed by atoms with E-state index in [1.54, 1.807) is 0 Å². The molecular formula is C23H30ClN3O2. The van der Waals surface area contributed by atoms with Crippen LogP contribution in [0.2, 0.25) is 5.02 Å². The highest BCUT2D eigenvalue weighted by atomic mass is 35.5. The predicted molar refractivity (Wildman–Crippen MR) is 114 cm³/mol.